The van der Waals surface area contributed by atoms with Gasteiger partial charge in [-0.3, -0.25) is 4.68 Å². The first-order chi connectivity index (χ1) is 10.2. The zero-order valence-corrected chi connectivity index (χ0v) is 12.0. The molecule has 0 bridgehead atoms. The largest absolute Gasteiger partial charge is 0.396 e. The van der Waals surface area contributed by atoms with Gasteiger partial charge < -0.3 is 10.4 Å². The van der Waals surface area contributed by atoms with Crippen molar-refractivity contribution in [1.82, 2.24) is 20.3 Å². The number of aromatic nitrogens is 3. The fourth-order valence-corrected chi connectivity index (χ4v) is 1.98. The molecule has 1 unspecified atom stereocenters. The average molecular weight is 285 g/mol. The molecular formula is C15H19N5O. The molecule has 21 heavy (non-hydrogen) atoms. The van der Waals surface area contributed by atoms with E-state index in [2.05, 4.69) is 28.6 Å². The lowest BCUT2D eigenvalue weighted by Crippen LogP contribution is -2.18. The highest BCUT2D eigenvalue weighted by Gasteiger charge is 2.07. The van der Waals surface area contributed by atoms with Crippen LogP contribution >= 0.6 is 0 Å². The summed E-state index contributed by atoms with van der Waals surface area (Å²) in [5.74, 6) is 0. The van der Waals surface area contributed by atoms with Crippen LogP contribution in [0.2, 0.25) is 0 Å². The molecule has 1 aromatic carbocycles. The maximum atomic E-state index is 8.78. The Kier molecular flexibility index (Phi) is 5.43. The first-order valence-electron chi connectivity index (χ1n) is 6.96. The van der Waals surface area contributed by atoms with Crippen LogP contribution in [0.25, 0.3) is 0 Å². The minimum atomic E-state index is 0.156. The van der Waals surface area contributed by atoms with Crippen LogP contribution in [-0.4, -0.2) is 26.7 Å². The molecule has 0 radical (unpaired) electrons. The summed E-state index contributed by atoms with van der Waals surface area (Å²) in [6.45, 7) is 3.52. The van der Waals surface area contributed by atoms with Gasteiger partial charge in [0.2, 0.25) is 0 Å². The maximum Gasteiger partial charge on any atom is 0.0991 e. The lowest BCUT2D eigenvalue weighted by molar-refractivity contribution is 0.276. The Morgan fingerprint density at radius 2 is 2.14 bits per heavy atom. The standard InChI is InChI=1S/C15H19N5O/c1-12(14-5-3-13(9-16)4-6-14)17-10-15-11-20(19-18-15)7-2-8-21/h3-6,11-12,17,21H,2,7-8,10H2,1H3. The molecular weight excluding hydrogens is 266 g/mol. The lowest BCUT2D eigenvalue weighted by Gasteiger charge is -2.13. The maximum absolute atomic E-state index is 8.78. The van der Waals surface area contributed by atoms with Gasteiger partial charge in [-0.05, 0) is 31.0 Å². The quantitative estimate of drug-likeness (QED) is 0.802. The fourth-order valence-electron chi connectivity index (χ4n) is 1.98. The molecule has 1 aromatic heterocycles. The molecule has 0 aliphatic heterocycles. The summed E-state index contributed by atoms with van der Waals surface area (Å²) in [7, 11) is 0. The molecule has 0 amide bonds. The van der Waals surface area contributed by atoms with Crippen LogP contribution in [0.4, 0.5) is 0 Å². The van der Waals surface area contributed by atoms with E-state index in [1.165, 1.54) is 0 Å². The Morgan fingerprint density at radius 1 is 1.38 bits per heavy atom. The number of aliphatic hydroxyl groups is 1. The van der Waals surface area contributed by atoms with Crippen LogP contribution in [0.15, 0.2) is 30.5 Å². The van der Waals surface area contributed by atoms with Crippen molar-refractivity contribution in [3.05, 3.63) is 47.3 Å². The van der Waals surface area contributed by atoms with Gasteiger partial charge in [0.05, 0.1) is 17.3 Å². The third-order valence-electron chi connectivity index (χ3n) is 3.26. The zero-order valence-electron chi connectivity index (χ0n) is 12.0. The van der Waals surface area contributed by atoms with Gasteiger partial charge in [-0.1, -0.05) is 17.3 Å². The highest BCUT2D eigenvalue weighted by molar-refractivity contribution is 5.32. The Balaban J connectivity index is 1.86. The third kappa shape index (κ3) is 4.38. The molecule has 6 heteroatoms. The van der Waals surface area contributed by atoms with E-state index >= 15 is 0 Å². The van der Waals surface area contributed by atoms with Gasteiger partial charge in [0.15, 0.2) is 0 Å². The molecule has 0 spiro atoms. The number of benzene rings is 1. The highest BCUT2D eigenvalue weighted by Crippen LogP contribution is 2.13. The Labute approximate surface area is 124 Å². The van der Waals surface area contributed by atoms with Gasteiger partial charge in [0.25, 0.3) is 0 Å². The summed E-state index contributed by atoms with van der Waals surface area (Å²) < 4.78 is 1.74. The van der Waals surface area contributed by atoms with Gasteiger partial charge in [-0.25, -0.2) is 0 Å². The highest BCUT2D eigenvalue weighted by atomic mass is 16.3. The van der Waals surface area contributed by atoms with E-state index in [0.29, 0.717) is 25.1 Å². The molecule has 6 nitrogen and oxygen atoms in total. The second-order valence-corrected chi connectivity index (χ2v) is 4.89. The van der Waals surface area contributed by atoms with Crippen molar-refractivity contribution in [2.45, 2.75) is 32.5 Å². The van der Waals surface area contributed by atoms with E-state index < -0.39 is 0 Å². The summed E-state index contributed by atoms with van der Waals surface area (Å²) >= 11 is 0. The molecule has 0 fully saturated rings. The SMILES string of the molecule is CC(NCc1cn(CCCO)nn1)c1ccc(C#N)cc1. The van der Waals surface area contributed by atoms with E-state index in [1.807, 2.05) is 30.5 Å². The fraction of sp³-hybridized carbons (Fsp3) is 0.400. The minimum absolute atomic E-state index is 0.156. The van der Waals surface area contributed by atoms with Gasteiger partial charge in [-0.2, -0.15) is 5.26 Å². The minimum Gasteiger partial charge on any atom is -0.396 e. The number of nitrogens with zero attached hydrogens (tertiary/aromatic N) is 4. The predicted molar refractivity (Wildman–Crippen MR) is 78.1 cm³/mol. The number of nitrogens with one attached hydrogen (secondary N) is 1. The van der Waals surface area contributed by atoms with Gasteiger partial charge in [-0.15, -0.1) is 5.10 Å². The van der Waals surface area contributed by atoms with Crippen molar-refractivity contribution in [2.75, 3.05) is 6.61 Å². The van der Waals surface area contributed by atoms with E-state index in [-0.39, 0.29) is 12.6 Å². The Morgan fingerprint density at radius 3 is 2.81 bits per heavy atom. The van der Waals surface area contributed by atoms with Gasteiger partial charge in [0, 0.05) is 31.9 Å². The van der Waals surface area contributed by atoms with Crippen molar-refractivity contribution in [1.29, 1.82) is 5.26 Å². The summed E-state index contributed by atoms with van der Waals surface area (Å²) in [5, 5.41) is 29.0. The molecule has 1 atom stereocenters. The molecule has 2 rings (SSSR count). The van der Waals surface area contributed by atoms with E-state index in [4.69, 9.17) is 10.4 Å². The molecule has 2 aromatic rings. The van der Waals surface area contributed by atoms with Gasteiger partial charge in [0.1, 0.15) is 0 Å². The Hall–Kier alpha value is -2.23. The summed E-state index contributed by atoms with van der Waals surface area (Å²) in [4.78, 5) is 0. The van der Waals surface area contributed by atoms with Crippen molar-refractivity contribution in [3.63, 3.8) is 0 Å². The topological polar surface area (TPSA) is 86.8 Å². The summed E-state index contributed by atoms with van der Waals surface area (Å²) in [6.07, 6.45) is 2.56. The average Bonchev–Trinajstić information content (AvgIpc) is 2.98. The lowest BCUT2D eigenvalue weighted by atomic mass is 10.1. The first-order valence-corrected chi connectivity index (χ1v) is 6.96. The second kappa shape index (κ2) is 7.53. The van der Waals surface area contributed by atoms with E-state index in [0.717, 1.165) is 11.3 Å². The third-order valence-corrected chi connectivity index (χ3v) is 3.26. The van der Waals surface area contributed by atoms with Crippen LogP contribution in [0.5, 0.6) is 0 Å². The molecule has 2 N–H and O–H groups in total. The van der Waals surface area contributed by atoms with E-state index in [1.54, 1.807) is 4.68 Å². The van der Waals surface area contributed by atoms with Crippen molar-refractivity contribution < 1.29 is 5.11 Å². The van der Waals surface area contributed by atoms with Gasteiger partial charge >= 0.3 is 0 Å². The normalized spacial score (nSPS) is 12.0. The molecule has 0 aliphatic carbocycles. The summed E-state index contributed by atoms with van der Waals surface area (Å²) in [5.41, 5.74) is 2.66. The van der Waals surface area contributed by atoms with Crippen LogP contribution in [0, 0.1) is 11.3 Å². The number of nitriles is 1. The summed E-state index contributed by atoms with van der Waals surface area (Å²) in [6, 6.07) is 9.82. The smallest absolute Gasteiger partial charge is 0.0991 e. The number of aliphatic hydroxyl groups excluding tert-OH is 1. The molecule has 110 valence electrons. The van der Waals surface area contributed by atoms with Crippen molar-refractivity contribution >= 4 is 0 Å². The predicted octanol–water partition coefficient (Wildman–Crippen LogP) is 1.38. The monoisotopic (exact) mass is 285 g/mol. The van der Waals surface area contributed by atoms with Crippen LogP contribution in [0.1, 0.15) is 36.2 Å². The van der Waals surface area contributed by atoms with Crippen LogP contribution in [-0.2, 0) is 13.1 Å². The number of hydrogen-bond acceptors (Lipinski definition) is 5. The Bertz CT molecular complexity index is 599. The van der Waals surface area contributed by atoms with Crippen LogP contribution in [0.3, 0.4) is 0 Å². The molecule has 1 heterocycles. The van der Waals surface area contributed by atoms with Crippen molar-refractivity contribution in [2.24, 2.45) is 0 Å². The first kappa shape index (κ1) is 15.2. The number of hydrogen-bond donors (Lipinski definition) is 2. The second-order valence-electron chi connectivity index (χ2n) is 4.89. The number of aryl methyl sites for hydroxylation is 1. The number of rotatable bonds is 7. The molecule has 0 aliphatic rings. The van der Waals surface area contributed by atoms with E-state index in [9.17, 15) is 0 Å². The molecule has 0 saturated carbocycles. The van der Waals surface area contributed by atoms with Crippen LogP contribution < -0.4 is 5.32 Å². The van der Waals surface area contributed by atoms with Crippen molar-refractivity contribution in [3.8, 4) is 6.07 Å². The molecule has 0 saturated heterocycles. The zero-order chi connectivity index (χ0) is 15.1.